The molecule has 0 atom stereocenters. The smallest absolute Gasteiger partial charge is 0.257 e. The second-order valence-corrected chi connectivity index (χ2v) is 6.85. The van der Waals surface area contributed by atoms with Gasteiger partial charge in [-0.2, -0.15) is 0 Å². The number of aryl methyl sites for hydroxylation is 1. The summed E-state index contributed by atoms with van der Waals surface area (Å²) in [4.78, 5) is 16.9. The van der Waals surface area contributed by atoms with Crippen molar-refractivity contribution in [1.82, 2.24) is 10.3 Å². The van der Waals surface area contributed by atoms with Gasteiger partial charge >= 0.3 is 0 Å². The van der Waals surface area contributed by atoms with E-state index in [0.717, 1.165) is 22.3 Å². The number of hydrogen-bond donors (Lipinski definition) is 2. The third kappa shape index (κ3) is 4.00. The number of fused-ring (bicyclic) bond motifs is 1. The van der Waals surface area contributed by atoms with Crippen LogP contribution in [0.15, 0.2) is 53.0 Å². The Hall–Kier alpha value is -2.51. The lowest BCUT2D eigenvalue weighted by Crippen LogP contribution is -2.34. The first-order chi connectivity index (χ1) is 12.5. The van der Waals surface area contributed by atoms with E-state index in [-0.39, 0.29) is 11.0 Å². The summed E-state index contributed by atoms with van der Waals surface area (Å²) in [5.74, 6) is 0.348. The number of nitrogens with one attached hydrogen (secondary N) is 2. The Morgan fingerprint density at radius 1 is 1.19 bits per heavy atom. The Bertz CT molecular complexity index is 1010. The number of aromatic nitrogens is 1. The Labute approximate surface area is 164 Å². The van der Waals surface area contributed by atoms with Crippen LogP contribution in [0.2, 0.25) is 0 Å². The molecule has 0 saturated carbocycles. The van der Waals surface area contributed by atoms with Gasteiger partial charge < -0.3 is 10.1 Å². The second-order valence-electron chi connectivity index (χ2n) is 5.58. The van der Waals surface area contributed by atoms with Gasteiger partial charge in [-0.3, -0.25) is 15.1 Å². The predicted octanol–water partition coefficient (Wildman–Crippen LogP) is 4.44. The van der Waals surface area contributed by atoms with Gasteiger partial charge in [0.2, 0.25) is 0 Å². The lowest BCUT2D eigenvalue weighted by molar-refractivity contribution is 0.0977. The first-order valence-corrected chi connectivity index (χ1v) is 9.00. The maximum atomic E-state index is 12.4. The van der Waals surface area contributed by atoms with Gasteiger partial charge in [0, 0.05) is 22.3 Å². The lowest BCUT2D eigenvalue weighted by Gasteiger charge is -2.12. The summed E-state index contributed by atoms with van der Waals surface area (Å²) in [6.45, 7) is 1.94. The Morgan fingerprint density at radius 3 is 2.73 bits per heavy atom. The minimum absolute atomic E-state index is 0.218. The van der Waals surface area contributed by atoms with Gasteiger partial charge in [0.25, 0.3) is 5.91 Å². The van der Waals surface area contributed by atoms with E-state index in [0.29, 0.717) is 15.8 Å². The molecule has 2 aromatic carbocycles. The molecule has 132 valence electrons. The first-order valence-electron chi connectivity index (χ1n) is 7.80. The highest BCUT2D eigenvalue weighted by atomic mass is 79.9. The van der Waals surface area contributed by atoms with Gasteiger partial charge in [0.1, 0.15) is 5.75 Å². The summed E-state index contributed by atoms with van der Waals surface area (Å²) < 4.78 is 5.86. The van der Waals surface area contributed by atoms with Gasteiger partial charge in [0.05, 0.1) is 17.1 Å². The molecule has 1 aromatic heterocycles. The number of carbonyl (C=O) groups is 1. The summed E-state index contributed by atoms with van der Waals surface area (Å²) in [6, 6.07) is 14.7. The number of anilines is 1. The minimum Gasteiger partial charge on any atom is -0.496 e. The highest BCUT2D eigenvalue weighted by molar-refractivity contribution is 9.10. The molecule has 0 aliphatic heterocycles. The molecular weight excluding hydrogens is 414 g/mol. The summed E-state index contributed by atoms with van der Waals surface area (Å²) in [7, 11) is 1.57. The topological polar surface area (TPSA) is 63.2 Å². The average molecular weight is 430 g/mol. The molecule has 2 N–H and O–H groups in total. The van der Waals surface area contributed by atoms with E-state index in [1.165, 1.54) is 0 Å². The number of hydrogen-bond acceptors (Lipinski definition) is 4. The zero-order valence-electron chi connectivity index (χ0n) is 14.2. The molecule has 3 aromatic rings. The van der Waals surface area contributed by atoms with Crippen LogP contribution in [0, 0.1) is 6.92 Å². The van der Waals surface area contributed by atoms with Crippen molar-refractivity contribution >= 4 is 55.8 Å². The third-order valence-electron chi connectivity index (χ3n) is 3.76. The average Bonchev–Trinajstić information content (AvgIpc) is 2.61. The third-order valence-corrected chi connectivity index (χ3v) is 4.58. The lowest BCUT2D eigenvalue weighted by atomic mass is 10.1. The molecule has 7 heteroatoms. The largest absolute Gasteiger partial charge is 0.496 e. The predicted molar refractivity (Wildman–Crippen MR) is 111 cm³/mol. The normalized spacial score (nSPS) is 10.4. The van der Waals surface area contributed by atoms with Crippen molar-refractivity contribution in [3.8, 4) is 5.75 Å². The van der Waals surface area contributed by atoms with Crippen molar-refractivity contribution in [2.45, 2.75) is 6.92 Å². The van der Waals surface area contributed by atoms with Crippen molar-refractivity contribution < 1.29 is 9.53 Å². The monoisotopic (exact) mass is 429 g/mol. The molecule has 0 bridgehead atoms. The van der Waals surface area contributed by atoms with Crippen LogP contribution in [0.1, 0.15) is 16.1 Å². The Morgan fingerprint density at radius 2 is 2.00 bits per heavy atom. The van der Waals surface area contributed by atoms with E-state index >= 15 is 0 Å². The molecule has 5 nitrogen and oxygen atoms in total. The zero-order valence-corrected chi connectivity index (χ0v) is 16.6. The molecule has 0 spiro atoms. The molecule has 3 rings (SSSR count). The SMILES string of the molecule is COc1ccc(C(=O)NC(=S)Nc2cccc3nc(C)ccc23)cc1Br. The maximum absolute atomic E-state index is 12.4. The Balaban J connectivity index is 1.75. The first kappa shape index (κ1) is 18.3. The van der Waals surface area contributed by atoms with Crippen molar-refractivity contribution in [3.63, 3.8) is 0 Å². The number of carbonyl (C=O) groups excluding carboxylic acids is 1. The number of rotatable bonds is 3. The minimum atomic E-state index is -0.306. The van der Waals surface area contributed by atoms with Gasteiger partial charge in [-0.15, -0.1) is 0 Å². The molecule has 0 aliphatic carbocycles. The molecule has 26 heavy (non-hydrogen) atoms. The fraction of sp³-hybridized carbons (Fsp3) is 0.105. The standard InChI is InChI=1S/C19H16BrN3O2S/c1-11-6-8-13-15(21-11)4-3-5-16(13)22-19(26)23-18(24)12-7-9-17(25-2)14(20)10-12/h3-10H,1-2H3,(H2,22,23,24,26). The number of nitrogens with zero attached hydrogens (tertiary/aromatic N) is 1. The quantitative estimate of drug-likeness (QED) is 0.602. The van der Waals surface area contributed by atoms with Gasteiger partial charge in [-0.05, 0) is 77.5 Å². The number of pyridine rings is 1. The Kier molecular flexibility index (Phi) is 5.49. The van der Waals surface area contributed by atoms with Crippen molar-refractivity contribution in [1.29, 1.82) is 0 Å². The fourth-order valence-corrected chi connectivity index (χ4v) is 3.25. The van der Waals surface area contributed by atoms with E-state index in [4.69, 9.17) is 17.0 Å². The van der Waals surface area contributed by atoms with E-state index in [9.17, 15) is 4.79 Å². The van der Waals surface area contributed by atoms with Gasteiger partial charge in [0.15, 0.2) is 5.11 Å². The highest BCUT2D eigenvalue weighted by Gasteiger charge is 2.11. The molecule has 1 amide bonds. The summed E-state index contributed by atoms with van der Waals surface area (Å²) in [6.07, 6.45) is 0. The number of benzene rings is 2. The van der Waals surface area contributed by atoms with E-state index in [2.05, 4.69) is 31.5 Å². The van der Waals surface area contributed by atoms with Crippen molar-refractivity contribution in [2.75, 3.05) is 12.4 Å². The van der Waals surface area contributed by atoms with Gasteiger partial charge in [-0.25, -0.2) is 0 Å². The highest BCUT2D eigenvalue weighted by Crippen LogP contribution is 2.25. The molecule has 0 aliphatic rings. The van der Waals surface area contributed by atoms with Crippen LogP contribution >= 0.6 is 28.1 Å². The van der Waals surface area contributed by atoms with Crippen LogP contribution < -0.4 is 15.4 Å². The molecule has 0 fully saturated rings. The molecular formula is C19H16BrN3O2S. The van der Waals surface area contributed by atoms with E-state index in [1.807, 2.05) is 37.3 Å². The van der Waals surface area contributed by atoms with Gasteiger partial charge in [-0.1, -0.05) is 6.07 Å². The van der Waals surface area contributed by atoms with Crippen LogP contribution in [-0.2, 0) is 0 Å². The maximum Gasteiger partial charge on any atom is 0.257 e. The second kappa shape index (κ2) is 7.80. The molecule has 0 unspecified atom stereocenters. The summed E-state index contributed by atoms with van der Waals surface area (Å²) in [5.41, 5.74) is 3.06. The molecule has 0 radical (unpaired) electrons. The van der Waals surface area contributed by atoms with Crippen LogP contribution in [0.4, 0.5) is 5.69 Å². The number of halogens is 1. The van der Waals surface area contributed by atoms with Crippen LogP contribution in [-0.4, -0.2) is 23.1 Å². The number of methoxy groups -OCH3 is 1. The van der Waals surface area contributed by atoms with Crippen molar-refractivity contribution in [2.24, 2.45) is 0 Å². The zero-order chi connectivity index (χ0) is 18.7. The number of ether oxygens (including phenoxy) is 1. The summed E-state index contributed by atoms with van der Waals surface area (Å²) in [5, 5.41) is 6.90. The number of amides is 1. The van der Waals surface area contributed by atoms with Crippen molar-refractivity contribution in [3.05, 3.63) is 64.3 Å². The van der Waals surface area contributed by atoms with E-state index < -0.39 is 0 Å². The van der Waals surface area contributed by atoms with Crippen LogP contribution in [0.5, 0.6) is 5.75 Å². The van der Waals surface area contributed by atoms with Crippen LogP contribution in [0.25, 0.3) is 10.9 Å². The molecule has 1 heterocycles. The molecule has 0 saturated heterocycles. The fourth-order valence-electron chi connectivity index (χ4n) is 2.50. The van der Waals surface area contributed by atoms with Crippen LogP contribution in [0.3, 0.4) is 0 Å². The number of thiocarbonyl (C=S) groups is 1. The summed E-state index contributed by atoms with van der Waals surface area (Å²) >= 11 is 8.65. The van der Waals surface area contributed by atoms with E-state index in [1.54, 1.807) is 25.3 Å².